The van der Waals surface area contributed by atoms with Crippen molar-refractivity contribution in [3.8, 4) is 0 Å². The standard InChI is InChI=1S/C26H37N7O/c1-4-10-31-11-13-32(14-12-31)24(25-28-29-30-33(25)21-8-6-5-7-9-21)22-17-20-16-18(2)15-19(3)23(20)27-26(22)34/h15-17,21,24H,4-14H2,1-3H3,(H,27,34). The van der Waals surface area contributed by atoms with E-state index in [1.165, 1.54) is 24.8 Å². The van der Waals surface area contributed by atoms with Gasteiger partial charge in [0.15, 0.2) is 5.82 Å². The number of fused-ring (bicyclic) bond motifs is 1. The molecule has 1 aliphatic heterocycles. The second-order valence-corrected chi connectivity index (χ2v) is 10.2. The highest BCUT2D eigenvalue weighted by molar-refractivity contribution is 5.83. The number of hydrogen-bond acceptors (Lipinski definition) is 6. The molecule has 1 saturated carbocycles. The van der Waals surface area contributed by atoms with E-state index in [1.807, 2.05) is 4.68 Å². The first-order chi connectivity index (χ1) is 16.5. The molecule has 182 valence electrons. The number of H-pyrrole nitrogens is 1. The third-order valence-electron chi connectivity index (χ3n) is 7.61. The molecule has 1 unspecified atom stereocenters. The van der Waals surface area contributed by atoms with E-state index in [-0.39, 0.29) is 11.6 Å². The molecule has 8 heteroatoms. The van der Waals surface area contributed by atoms with E-state index in [4.69, 9.17) is 0 Å². The van der Waals surface area contributed by atoms with Crippen LogP contribution in [0.5, 0.6) is 0 Å². The number of aryl methyl sites for hydroxylation is 2. The number of nitrogens with one attached hydrogen (secondary N) is 1. The summed E-state index contributed by atoms with van der Waals surface area (Å²) < 4.78 is 2.04. The Morgan fingerprint density at radius 2 is 1.82 bits per heavy atom. The number of hydrogen-bond donors (Lipinski definition) is 1. The molecule has 1 N–H and O–H groups in total. The Morgan fingerprint density at radius 1 is 1.06 bits per heavy atom. The van der Waals surface area contributed by atoms with E-state index >= 15 is 0 Å². The van der Waals surface area contributed by atoms with Crippen molar-refractivity contribution in [2.24, 2.45) is 0 Å². The van der Waals surface area contributed by atoms with Crippen LogP contribution >= 0.6 is 0 Å². The van der Waals surface area contributed by atoms with Crippen LogP contribution in [0.1, 0.15) is 80.0 Å². The molecule has 0 spiro atoms. The van der Waals surface area contributed by atoms with E-state index in [9.17, 15) is 4.79 Å². The second-order valence-electron chi connectivity index (χ2n) is 10.2. The minimum absolute atomic E-state index is 0.0429. The van der Waals surface area contributed by atoms with Crippen LogP contribution in [0.15, 0.2) is 23.0 Å². The molecule has 3 aromatic rings. The molecule has 0 amide bonds. The quantitative estimate of drug-likeness (QED) is 0.599. The lowest BCUT2D eigenvalue weighted by Gasteiger charge is -2.39. The molecule has 34 heavy (non-hydrogen) atoms. The maximum Gasteiger partial charge on any atom is 0.253 e. The third-order valence-corrected chi connectivity index (χ3v) is 7.61. The van der Waals surface area contributed by atoms with Crippen molar-refractivity contribution in [3.63, 3.8) is 0 Å². The molecule has 0 radical (unpaired) electrons. The van der Waals surface area contributed by atoms with E-state index in [1.54, 1.807) is 0 Å². The smallest absolute Gasteiger partial charge is 0.253 e. The van der Waals surface area contributed by atoms with Crippen LogP contribution in [0.3, 0.4) is 0 Å². The molecule has 8 nitrogen and oxygen atoms in total. The number of pyridine rings is 1. The van der Waals surface area contributed by atoms with Crippen molar-refractivity contribution in [2.45, 2.75) is 71.4 Å². The summed E-state index contributed by atoms with van der Waals surface area (Å²) in [7, 11) is 0. The summed E-state index contributed by atoms with van der Waals surface area (Å²) in [6.07, 6.45) is 7.05. The zero-order valence-electron chi connectivity index (χ0n) is 20.8. The fraction of sp³-hybridized carbons (Fsp3) is 0.615. The number of rotatable bonds is 6. The van der Waals surface area contributed by atoms with E-state index in [2.05, 4.69) is 69.3 Å². The van der Waals surface area contributed by atoms with Crippen LogP contribution < -0.4 is 5.56 Å². The molecule has 1 aromatic carbocycles. The van der Waals surface area contributed by atoms with Crippen molar-refractivity contribution in [2.75, 3.05) is 32.7 Å². The zero-order chi connectivity index (χ0) is 23.7. The van der Waals surface area contributed by atoms with Crippen molar-refractivity contribution in [1.82, 2.24) is 35.0 Å². The molecule has 2 aromatic heterocycles. The molecule has 3 heterocycles. The van der Waals surface area contributed by atoms with Crippen LogP contribution in [0.25, 0.3) is 10.9 Å². The van der Waals surface area contributed by atoms with E-state index in [0.717, 1.165) is 79.8 Å². The molecule has 0 bridgehead atoms. The number of benzene rings is 1. The minimum atomic E-state index is -0.255. The predicted molar refractivity (Wildman–Crippen MR) is 134 cm³/mol. The van der Waals surface area contributed by atoms with Gasteiger partial charge in [0.05, 0.1) is 11.6 Å². The molecule has 1 atom stereocenters. The fourth-order valence-corrected chi connectivity index (χ4v) is 5.93. The van der Waals surface area contributed by atoms with Crippen LogP contribution in [0.4, 0.5) is 0 Å². The Bertz CT molecular complexity index is 1190. The summed E-state index contributed by atoms with van der Waals surface area (Å²) in [5.41, 5.74) is 3.90. The lowest BCUT2D eigenvalue weighted by Crippen LogP contribution is -2.49. The number of piperazine rings is 1. The van der Waals surface area contributed by atoms with Crippen LogP contribution in [-0.2, 0) is 0 Å². The Kier molecular flexibility index (Phi) is 6.79. The van der Waals surface area contributed by atoms with E-state index < -0.39 is 0 Å². The van der Waals surface area contributed by atoms with Crippen LogP contribution in [-0.4, -0.2) is 67.7 Å². The first-order valence-corrected chi connectivity index (χ1v) is 12.9. The molecule has 1 saturated heterocycles. The van der Waals surface area contributed by atoms with Crippen LogP contribution in [0.2, 0.25) is 0 Å². The summed E-state index contributed by atoms with van der Waals surface area (Å²) in [6, 6.07) is 6.41. The Balaban J connectivity index is 1.59. The Morgan fingerprint density at radius 3 is 2.56 bits per heavy atom. The number of aromatic amines is 1. The van der Waals surface area contributed by atoms with Crippen molar-refractivity contribution in [1.29, 1.82) is 0 Å². The van der Waals surface area contributed by atoms with Gasteiger partial charge in [-0.25, -0.2) is 4.68 Å². The lowest BCUT2D eigenvalue weighted by molar-refractivity contribution is 0.103. The van der Waals surface area contributed by atoms with Gasteiger partial charge in [-0.3, -0.25) is 9.69 Å². The van der Waals surface area contributed by atoms with Gasteiger partial charge in [0.1, 0.15) is 6.04 Å². The Labute approximate surface area is 201 Å². The maximum absolute atomic E-state index is 13.5. The fourth-order valence-electron chi connectivity index (χ4n) is 5.93. The topological polar surface area (TPSA) is 82.9 Å². The van der Waals surface area contributed by atoms with Crippen molar-refractivity contribution in [3.05, 3.63) is 51.1 Å². The number of aromatic nitrogens is 5. The summed E-state index contributed by atoms with van der Waals surface area (Å²) in [5.74, 6) is 0.810. The predicted octanol–water partition coefficient (Wildman–Crippen LogP) is 3.75. The third kappa shape index (κ3) is 4.53. The monoisotopic (exact) mass is 463 g/mol. The number of tetrazole rings is 1. The molecule has 5 rings (SSSR count). The number of nitrogens with zero attached hydrogens (tertiary/aromatic N) is 6. The molecular weight excluding hydrogens is 426 g/mol. The first kappa shape index (κ1) is 23.2. The average molecular weight is 464 g/mol. The van der Waals surface area contributed by atoms with Gasteiger partial charge >= 0.3 is 0 Å². The van der Waals surface area contributed by atoms with Gasteiger partial charge in [-0.1, -0.05) is 37.8 Å². The van der Waals surface area contributed by atoms with Gasteiger partial charge in [-0.15, -0.1) is 5.10 Å². The van der Waals surface area contributed by atoms with Gasteiger partial charge in [-0.2, -0.15) is 0 Å². The van der Waals surface area contributed by atoms with Gasteiger partial charge in [0.25, 0.3) is 5.56 Å². The van der Waals surface area contributed by atoms with Gasteiger partial charge in [0, 0.05) is 31.7 Å². The molecule has 2 fully saturated rings. The summed E-state index contributed by atoms with van der Waals surface area (Å²) in [6.45, 7) is 11.3. The van der Waals surface area contributed by atoms with Crippen LogP contribution in [0, 0.1) is 13.8 Å². The summed E-state index contributed by atoms with van der Waals surface area (Å²) in [5, 5.41) is 14.2. The second kappa shape index (κ2) is 9.96. The summed E-state index contributed by atoms with van der Waals surface area (Å²) >= 11 is 0. The maximum atomic E-state index is 13.5. The average Bonchev–Trinajstić information content (AvgIpc) is 3.31. The largest absolute Gasteiger partial charge is 0.321 e. The van der Waals surface area contributed by atoms with Crippen molar-refractivity contribution >= 4 is 10.9 Å². The van der Waals surface area contributed by atoms with Gasteiger partial charge < -0.3 is 9.88 Å². The van der Waals surface area contributed by atoms with Gasteiger partial charge in [0.2, 0.25) is 0 Å². The Hall–Kier alpha value is -2.58. The zero-order valence-corrected chi connectivity index (χ0v) is 20.8. The normalized spacial score (nSPS) is 19.6. The van der Waals surface area contributed by atoms with Gasteiger partial charge in [-0.05, 0) is 73.2 Å². The molecule has 1 aliphatic carbocycles. The van der Waals surface area contributed by atoms with Crippen molar-refractivity contribution < 1.29 is 0 Å². The van der Waals surface area contributed by atoms with E-state index in [0.29, 0.717) is 6.04 Å². The molecule has 2 aliphatic rings. The minimum Gasteiger partial charge on any atom is -0.321 e. The highest BCUT2D eigenvalue weighted by Gasteiger charge is 2.34. The molecular formula is C26H37N7O. The summed E-state index contributed by atoms with van der Waals surface area (Å²) in [4.78, 5) is 21.6. The highest BCUT2D eigenvalue weighted by atomic mass is 16.1. The SMILES string of the molecule is CCCN1CCN(C(c2cc3cc(C)cc(C)c3[nH]c2=O)c2nnnn2C2CCCCC2)CC1. The lowest BCUT2D eigenvalue weighted by atomic mass is 9.95. The highest BCUT2D eigenvalue weighted by Crippen LogP contribution is 2.33. The first-order valence-electron chi connectivity index (χ1n) is 12.9.